The molecule has 0 saturated heterocycles. The predicted molar refractivity (Wildman–Crippen MR) is 128 cm³/mol. The molecule has 35 heavy (non-hydrogen) atoms. The minimum atomic E-state index is -0.660. The number of benzene rings is 2. The number of carbonyl (C=O) groups is 2. The number of carbonyl (C=O) groups excluding carboxylic acids is 2. The van der Waals surface area contributed by atoms with Crippen molar-refractivity contribution >= 4 is 34.4 Å². The molecule has 0 saturated carbocycles. The lowest BCUT2D eigenvalue weighted by atomic mass is 10.1. The smallest absolute Gasteiger partial charge is 0.338 e. The van der Waals surface area contributed by atoms with Crippen LogP contribution in [0.5, 0.6) is 5.75 Å². The zero-order valence-corrected chi connectivity index (χ0v) is 19.2. The summed E-state index contributed by atoms with van der Waals surface area (Å²) in [5.41, 5.74) is 0.673. The van der Waals surface area contributed by atoms with Gasteiger partial charge in [-0.25, -0.2) is 4.79 Å². The van der Waals surface area contributed by atoms with Gasteiger partial charge in [-0.2, -0.15) is 5.26 Å². The standard InChI is InChI=1S/C25H18N4O5S/c1-32-24(31)20-10-6-5-9-19(20)21-12-11-18(34-21)13-16(14-26)23(30)27-25-29-28-22(35-25)15-33-17-7-3-2-4-8-17/h2-13H,15H2,1H3,(H,27,29,30)/b16-13-. The molecule has 0 atom stereocenters. The summed E-state index contributed by atoms with van der Waals surface area (Å²) in [6.07, 6.45) is 1.31. The second-order valence-corrected chi connectivity index (χ2v) is 8.03. The first-order valence-electron chi connectivity index (χ1n) is 10.3. The number of anilines is 1. The SMILES string of the molecule is COC(=O)c1ccccc1-c1ccc(/C=C(/C#N)C(=O)Nc2nnc(COc3ccccc3)s2)o1. The quantitative estimate of drug-likeness (QED) is 0.215. The van der Waals surface area contributed by atoms with Crippen LogP contribution in [-0.2, 0) is 16.1 Å². The van der Waals surface area contributed by atoms with Crippen LogP contribution < -0.4 is 10.1 Å². The Labute approximate surface area is 204 Å². The largest absolute Gasteiger partial charge is 0.486 e. The first-order valence-corrected chi connectivity index (χ1v) is 11.1. The average Bonchev–Trinajstić information content (AvgIpc) is 3.55. The first kappa shape index (κ1) is 23.4. The highest BCUT2D eigenvalue weighted by molar-refractivity contribution is 7.15. The molecule has 174 valence electrons. The Morgan fingerprint density at radius 3 is 2.63 bits per heavy atom. The highest BCUT2D eigenvalue weighted by Gasteiger charge is 2.17. The second kappa shape index (κ2) is 10.9. The monoisotopic (exact) mass is 486 g/mol. The van der Waals surface area contributed by atoms with E-state index in [1.54, 1.807) is 36.4 Å². The number of hydrogen-bond acceptors (Lipinski definition) is 9. The van der Waals surface area contributed by atoms with Crippen molar-refractivity contribution in [1.29, 1.82) is 5.26 Å². The van der Waals surface area contributed by atoms with Gasteiger partial charge in [-0.3, -0.25) is 10.1 Å². The molecule has 1 N–H and O–H groups in total. The summed E-state index contributed by atoms with van der Waals surface area (Å²) < 4.78 is 16.2. The van der Waals surface area contributed by atoms with E-state index >= 15 is 0 Å². The maximum atomic E-state index is 12.6. The number of nitriles is 1. The van der Waals surface area contributed by atoms with Crippen LogP contribution in [0, 0.1) is 11.3 Å². The van der Waals surface area contributed by atoms with Gasteiger partial charge in [0.1, 0.15) is 35.5 Å². The number of nitrogens with one attached hydrogen (secondary N) is 1. The van der Waals surface area contributed by atoms with Gasteiger partial charge in [-0.05, 0) is 30.3 Å². The van der Waals surface area contributed by atoms with Gasteiger partial charge in [-0.15, -0.1) is 10.2 Å². The minimum Gasteiger partial charge on any atom is -0.486 e. The molecule has 0 spiro atoms. The van der Waals surface area contributed by atoms with Gasteiger partial charge in [0, 0.05) is 11.6 Å². The van der Waals surface area contributed by atoms with Gasteiger partial charge in [0.15, 0.2) is 5.01 Å². The van der Waals surface area contributed by atoms with E-state index in [0.717, 1.165) is 11.3 Å². The Kier molecular flexibility index (Phi) is 7.30. The zero-order chi connectivity index (χ0) is 24.6. The van der Waals surface area contributed by atoms with Crippen LogP contribution in [0.4, 0.5) is 5.13 Å². The highest BCUT2D eigenvalue weighted by atomic mass is 32.1. The zero-order valence-electron chi connectivity index (χ0n) is 18.4. The molecule has 0 unspecified atom stereocenters. The van der Waals surface area contributed by atoms with Gasteiger partial charge in [-0.1, -0.05) is 47.7 Å². The fourth-order valence-electron chi connectivity index (χ4n) is 3.04. The fraction of sp³-hybridized carbons (Fsp3) is 0.0800. The number of rotatable bonds is 8. The topological polar surface area (TPSA) is 127 Å². The number of esters is 1. The molecule has 4 aromatic rings. The summed E-state index contributed by atoms with van der Waals surface area (Å²) in [4.78, 5) is 24.6. The normalized spacial score (nSPS) is 10.9. The van der Waals surface area contributed by atoms with E-state index < -0.39 is 11.9 Å². The van der Waals surface area contributed by atoms with Gasteiger partial charge >= 0.3 is 5.97 Å². The van der Waals surface area contributed by atoms with E-state index in [1.807, 2.05) is 36.4 Å². The lowest BCUT2D eigenvalue weighted by Gasteiger charge is -2.04. The molecule has 1 amide bonds. The third-order valence-corrected chi connectivity index (χ3v) is 5.48. The second-order valence-electron chi connectivity index (χ2n) is 6.97. The van der Waals surface area contributed by atoms with Crippen molar-refractivity contribution in [3.63, 3.8) is 0 Å². The predicted octanol–water partition coefficient (Wildman–Crippen LogP) is 4.71. The summed E-state index contributed by atoms with van der Waals surface area (Å²) in [5, 5.41) is 20.8. The van der Waals surface area contributed by atoms with Crippen molar-refractivity contribution in [3.8, 4) is 23.1 Å². The highest BCUT2D eigenvalue weighted by Crippen LogP contribution is 2.27. The maximum Gasteiger partial charge on any atom is 0.338 e. The Hall–Kier alpha value is -4.75. The van der Waals surface area contributed by atoms with Crippen molar-refractivity contribution in [2.24, 2.45) is 0 Å². The molecule has 0 aliphatic rings. The third-order valence-electron chi connectivity index (χ3n) is 4.67. The summed E-state index contributed by atoms with van der Waals surface area (Å²) in [5.74, 6) is 0.182. The average molecular weight is 487 g/mol. The molecule has 10 heteroatoms. The van der Waals surface area contributed by atoms with E-state index in [-0.39, 0.29) is 23.1 Å². The van der Waals surface area contributed by atoms with Crippen molar-refractivity contribution < 1.29 is 23.5 Å². The van der Waals surface area contributed by atoms with Gasteiger partial charge in [0.05, 0.1) is 12.7 Å². The van der Waals surface area contributed by atoms with Crippen molar-refractivity contribution in [2.45, 2.75) is 6.61 Å². The Balaban J connectivity index is 1.44. The summed E-state index contributed by atoms with van der Waals surface area (Å²) in [6.45, 7) is 0.195. The molecular formula is C25H18N4O5S. The number of hydrogen-bond donors (Lipinski definition) is 1. The molecular weight excluding hydrogens is 468 g/mol. The van der Waals surface area contributed by atoms with Crippen LogP contribution in [0.15, 0.2) is 76.7 Å². The maximum absolute atomic E-state index is 12.6. The first-order chi connectivity index (χ1) is 17.1. The molecule has 0 bridgehead atoms. The number of furan rings is 1. The molecule has 2 aromatic heterocycles. The number of amides is 1. The molecule has 0 aliphatic carbocycles. The lowest BCUT2D eigenvalue weighted by Crippen LogP contribution is -2.13. The molecule has 0 radical (unpaired) electrons. The van der Waals surface area contributed by atoms with Crippen LogP contribution in [-0.4, -0.2) is 29.2 Å². The van der Waals surface area contributed by atoms with E-state index in [9.17, 15) is 14.9 Å². The summed E-state index contributed by atoms with van der Waals surface area (Å²) in [7, 11) is 1.30. The lowest BCUT2D eigenvalue weighted by molar-refractivity contribution is -0.112. The molecule has 0 aliphatic heterocycles. The third kappa shape index (κ3) is 5.79. The van der Waals surface area contributed by atoms with Crippen LogP contribution >= 0.6 is 11.3 Å². The number of aromatic nitrogens is 2. The van der Waals surface area contributed by atoms with Gasteiger partial charge < -0.3 is 13.9 Å². The summed E-state index contributed by atoms with van der Waals surface area (Å²) in [6, 6.07) is 21.1. The van der Waals surface area contributed by atoms with Crippen LogP contribution in [0.1, 0.15) is 21.1 Å². The van der Waals surface area contributed by atoms with Crippen molar-refractivity contribution in [1.82, 2.24) is 10.2 Å². The molecule has 2 heterocycles. The number of ether oxygens (including phenoxy) is 2. The molecule has 9 nitrogen and oxygen atoms in total. The Morgan fingerprint density at radius 1 is 1.09 bits per heavy atom. The van der Waals surface area contributed by atoms with Crippen molar-refractivity contribution in [2.75, 3.05) is 12.4 Å². The summed E-state index contributed by atoms with van der Waals surface area (Å²) >= 11 is 1.14. The number of nitrogens with zero attached hydrogens (tertiary/aromatic N) is 3. The Bertz CT molecular complexity index is 1420. The fourth-order valence-corrected chi connectivity index (χ4v) is 3.69. The van der Waals surface area contributed by atoms with Crippen LogP contribution in [0.3, 0.4) is 0 Å². The Morgan fingerprint density at radius 2 is 1.86 bits per heavy atom. The minimum absolute atomic E-state index is 0.190. The number of methoxy groups -OCH3 is 1. The van der Waals surface area contributed by atoms with Crippen molar-refractivity contribution in [3.05, 3.63) is 88.6 Å². The number of para-hydroxylation sites is 1. The van der Waals surface area contributed by atoms with E-state index in [0.29, 0.717) is 27.6 Å². The van der Waals surface area contributed by atoms with E-state index in [4.69, 9.17) is 13.9 Å². The molecule has 0 fully saturated rings. The molecule has 2 aromatic carbocycles. The van der Waals surface area contributed by atoms with Crippen LogP contribution in [0.25, 0.3) is 17.4 Å². The van der Waals surface area contributed by atoms with Gasteiger partial charge in [0.25, 0.3) is 5.91 Å². The van der Waals surface area contributed by atoms with Gasteiger partial charge in [0.2, 0.25) is 5.13 Å². The van der Waals surface area contributed by atoms with E-state index in [1.165, 1.54) is 13.2 Å². The van der Waals surface area contributed by atoms with E-state index in [2.05, 4.69) is 15.5 Å². The van der Waals surface area contributed by atoms with Crippen LogP contribution in [0.2, 0.25) is 0 Å². The molecule has 4 rings (SSSR count).